The van der Waals surface area contributed by atoms with Crippen molar-refractivity contribution in [3.05, 3.63) is 24.3 Å². The second kappa shape index (κ2) is 7.53. The van der Waals surface area contributed by atoms with Crippen molar-refractivity contribution < 1.29 is 4.74 Å². The highest BCUT2D eigenvalue weighted by Gasteiger charge is 2.17. The minimum absolute atomic E-state index is 0.203. The molecule has 0 radical (unpaired) electrons. The maximum absolute atomic E-state index is 6.12. The van der Waals surface area contributed by atoms with E-state index in [0.29, 0.717) is 5.92 Å². The van der Waals surface area contributed by atoms with E-state index in [4.69, 9.17) is 10.5 Å². The molecule has 1 aromatic carbocycles. The Bertz CT molecular complexity index is 386. The maximum atomic E-state index is 6.12. The molecule has 0 amide bonds. The SMILES string of the molecule is CC[C@H](C)C(N)CNc1ccc(OCC2CCC2)cc1. The van der Waals surface area contributed by atoms with Gasteiger partial charge < -0.3 is 15.8 Å². The van der Waals surface area contributed by atoms with Crippen molar-refractivity contribution in [2.24, 2.45) is 17.6 Å². The first-order valence-corrected chi connectivity index (χ1v) is 7.91. The lowest BCUT2D eigenvalue weighted by atomic mass is 9.86. The topological polar surface area (TPSA) is 47.3 Å². The maximum Gasteiger partial charge on any atom is 0.119 e. The van der Waals surface area contributed by atoms with Crippen LogP contribution in [-0.2, 0) is 0 Å². The van der Waals surface area contributed by atoms with Crippen LogP contribution in [0.2, 0.25) is 0 Å². The summed E-state index contributed by atoms with van der Waals surface area (Å²) in [5, 5.41) is 3.39. The molecule has 0 aliphatic heterocycles. The molecule has 2 rings (SSSR count). The number of hydrogen-bond donors (Lipinski definition) is 2. The van der Waals surface area contributed by atoms with Gasteiger partial charge in [-0.15, -0.1) is 0 Å². The van der Waals surface area contributed by atoms with E-state index in [1.165, 1.54) is 19.3 Å². The average Bonchev–Trinajstić information content (AvgIpc) is 2.43. The number of benzene rings is 1. The van der Waals surface area contributed by atoms with Gasteiger partial charge in [0, 0.05) is 18.3 Å². The predicted octanol–water partition coefficient (Wildman–Crippen LogP) is 3.65. The van der Waals surface area contributed by atoms with Crippen LogP contribution in [0.3, 0.4) is 0 Å². The summed E-state index contributed by atoms with van der Waals surface area (Å²) >= 11 is 0. The Morgan fingerprint density at radius 2 is 2.00 bits per heavy atom. The van der Waals surface area contributed by atoms with Crippen molar-refractivity contribution in [3.8, 4) is 5.75 Å². The Morgan fingerprint density at radius 1 is 1.30 bits per heavy atom. The standard InChI is InChI=1S/C17H28N2O/c1-3-13(2)17(18)11-19-15-7-9-16(10-8-15)20-12-14-5-4-6-14/h7-10,13-14,17,19H,3-6,11-12,18H2,1-2H3/t13-,17?/m0/s1. The summed E-state index contributed by atoms with van der Waals surface area (Å²) in [7, 11) is 0. The van der Waals surface area contributed by atoms with E-state index in [2.05, 4.69) is 31.3 Å². The minimum atomic E-state index is 0.203. The molecule has 1 unspecified atom stereocenters. The van der Waals surface area contributed by atoms with E-state index in [9.17, 15) is 0 Å². The number of nitrogens with one attached hydrogen (secondary N) is 1. The normalized spacial score (nSPS) is 18.1. The molecule has 0 heterocycles. The van der Waals surface area contributed by atoms with Crippen molar-refractivity contribution >= 4 is 5.69 Å². The van der Waals surface area contributed by atoms with Crippen LogP contribution in [0, 0.1) is 11.8 Å². The minimum Gasteiger partial charge on any atom is -0.493 e. The van der Waals surface area contributed by atoms with Gasteiger partial charge in [0.25, 0.3) is 0 Å². The molecule has 1 saturated carbocycles. The number of hydrogen-bond acceptors (Lipinski definition) is 3. The summed E-state index contributed by atoms with van der Waals surface area (Å²) < 4.78 is 5.79. The molecule has 0 spiro atoms. The van der Waals surface area contributed by atoms with Gasteiger partial charge in [0.2, 0.25) is 0 Å². The molecule has 0 aromatic heterocycles. The van der Waals surface area contributed by atoms with E-state index < -0.39 is 0 Å². The molecule has 1 aromatic rings. The van der Waals surface area contributed by atoms with Crippen LogP contribution in [0.4, 0.5) is 5.69 Å². The Hall–Kier alpha value is -1.22. The number of rotatable bonds is 8. The van der Waals surface area contributed by atoms with Crippen molar-refractivity contribution in [3.63, 3.8) is 0 Å². The Morgan fingerprint density at radius 3 is 2.55 bits per heavy atom. The molecular weight excluding hydrogens is 248 g/mol. The smallest absolute Gasteiger partial charge is 0.119 e. The lowest BCUT2D eigenvalue weighted by Gasteiger charge is -2.25. The summed E-state index contributed by atoms with van der Waals surface area (Å²) in [6, 6.07) is 8.42. The first kappa shape index (κ1) is 15.2. The largest absolute Gasteiger partial charge is 0.493 e. The van der Waals surface area contributed by atoms with Gasteiger partial charge in [-0.05, 0) is 48.9 Å². The zero-order valence-corrected chi connectivity index (χ0v) is 12.8. The molecule has 0 saturated heterocycles. The van der Waals surface area contributed by atoms with E-state index >= 15 is 0 Å². The van der Waals surface area contributed by atoms with Crippen LogP contribution in [-0.4, -0.2) is 19.2 Å². The van der Waals surface area contributed by atoms with E-state index in [0.717, 1.165) is 36.9 Å². The number of nitrogens with two attached hydrogens (primary N) is 1. The fourth-order valence-electron chi connectivity index (χ4n) is 2.28. The third-order valence-corrected chi connectivity index (χ3v) is 4.48. The zero-order chi connectivity index (χ0) is 14.4. The lowest BCUT2D eigenvalue weighted by Crippen LogP contribution is -2.35. The second-order valence-corrected chi connectivity index (χ2v) is 6.06. The molecular formula is C17H28N2O. The van der Waals surface area contributed by atoms with E-state index in [1.807, 2.05) is 12.1 Å². The fraction of sp³-hybridized carbons (Fsp3) is 0.647. The third kappa shape index (κ3) is 4.41. The van der Waals surface area contributed by atoms with Gasteiger partial charge in [0.1, 0.15) is 5.75 Å². The molecule has 3 heteroatoms. The highest BCUT2D eigenvalue weighted by molar-refractivity contribution is 5.46. The van der Waals surface area contributed by atoms with Gasteiger partial charge >= 0.3 is 0 Å². The van der Waals surface area contributed by atoms with Crippen molar-refractivity contribution in [2.45, 2.75) is 45.6 Å². The number of ether oxygens (including phenoxy) is 1. The van der Waals surface area contributed by atoms with E-state index in [1.54, 1.807) is 0 Å². The molecule has 0 bridgehead atoms. The quantitative estimate of drug-likeness (QED) is 0.762. The molecule has 1 fully saturated rings. The van der Waals surface area contributed by atoms with Crippen LogP contribution >= 0.6 is 0 Å². The molecule has 2 atom stereocenters. The van der Waals surface area contributed by atoms with Gasteiger partial charge in [-0.25, -0.2) is 0 Å². The van der Waals surface area contributed by atoms with E-state index in [-0.39, 0.29) is 6.04 Å². The van der Waals surface area contributed by atoms with Gasteiger partial charge in [-0.1, -0.05) is 26.7 Å². The summed E-state index contributed by atoms with van der Waals surface area (Å²) in [4.78, 5) is 0. The average molecular weight is 276 g/mol. The summed E-state index contributed by atoms with van der Waals surface area (Å²) in [5.41, 5.74) is 7.23. The highest BCUT2D eigenvalue weighted by atomic mass is 16.5. The molecule has 3 N–H and O–H groups in total. The van der Waals surface area contributed by atoms with Gasteiger partial charge in [-0.3, -0.25) is 0 Å². The first-order valence-electron chi connectivity index (χ1n) is 7.91. The molecule has 112 valence electrons. The summed E-state index contributed by atoms with van der Waals surface area (Å²) in [5.74, 6) is 2.29. The van der Waals surface area contributed by atoms with Gasteiger partial charge in [0.05, 0.1) is 6.61 Å². The van der Waals surface area contributed by atoms with Crippen LogP contribution in [0.5, 0.6) is 5.75 Å². The van der Waals surface area contributed by atoms with Crippen LogP contribution < -0.4 is 15.8 Å². The Labute approximate surface area is 122 Å². The Balaban J connectivity index is 1.73. The molecule has 1 aliphatic rings. The lowest BCUT2D eigenvalue weighted by molar-refractivity contribution is 0.180. The van der Waals surface area contributed by atoms with Crippen molar-refractivity contribution in [2.75, 3.05) is 18.5 Å². The fourth-order valence-corrected chi connectivity index (χ4v) is 2.28. The first-order chi connectivity index (χ1) is 9.69. The zero-order valence-electron chi connectivity index (χ0n) is 12.8. The highest BCUT2D eigenvalue weighted by Crippen LogP contribution is 2.27. The van der Waals surface area contributed by atoms with Crippen molar-refractivity contribution in [1.82, 2.24) is 0 Å². The van der Waals surface area contributed by atoms with Gasteiger partial charge in [-0.2, -0.15) is 0 Å². The van der Waals surface area contributed by atoms with Crippen LogP contribution in [0.25, 0.3) is 0 Å². The molecule has 1 aliphatic carbocycles. The monoisotopic (exact) mass is 276 g/mol. The Kier molecular flexibility index (Phi) is 5.72. The van der Waals surface area contributed by atoms with Crippen molar-refractivity contribution in [1.29, 1.82) is 0 Å². The van der Waals surface area contributed by atoms with Crippen LogP contribution in [0.15, 0.2) is 24.3 Å². The summed E-state index contributed by atoms with van der Waals surface area (Å²) in [6.07, 6.45) is 5.14. The molecule has 3 nitrogen and oxygen atoms in total. The number of anilines is 1. The van der Waals surface area contributed by atoms with Crippen LogP contribution in [0.1, 0.15) is 39.5 Å². The molecule has 20 heavy (non-hydrogen) atoms. The summed E-state index contributed by atoms with van der Waals surface area (Å²) in [6.45, 7) is 6.06. The predicted molar refractivity (Wildman–Crippen MR) is 85.2 cm³/mol. The third-order valence-electron chi connectivity index (χ3n) is 4.48. The second-order valence-electron chi connectivity index (χ2n) is 6.06. The van der Waals surface area contributed by atoms with Gasteiger partial charge in [0.15, 0.2) is 0 Å².